The van der Waals surface area contributed by atoms with Gasteiger partial charge in [-0.05, 0) is 24.3 Å². The summed E-state index contributed by atoms with van der Waals surface area (Å²) in [5.41, 5.74) is -0.963. The third-order valence-corrected chi connectivity index (χ3v) is 3.46. The molecule has 2 rings (SSSR count). The first-order valence-corrected chi connectivity index (χ1v) is 7.40. The molecule has 136 valence electrons. The van der Waals surface area contributed by atoms with Gasteiger partial charge in [-0.15, -0.1) is 0 Å². The predicted molar refractivity (Wildman–Crippen MR) is 80.8 cm³/mol. The molecule has 25 heavy (non-hydrogen) atoms. The van der Waals surface area contributed by atoms with Crippen molar-refractivity contribution in [1.82, 2.24) is 9.97 Å². The average Bonchev–Trinajstić information content (AvgIpc) is 2.51. The van der Waals surface area contributed by atoms with Crippen molar-refractivity contribution < 1.29 is 31.1 Å². The van der Waals surface area contributed by atoms with Gasteiger partial charge in [0.05, 0.1) is 0 Å². The SMILES string of the molecule is CN(c1ccc(Br)cc1)c1ncc(C(F)(F)F)c(OCC(F)(F)F)n1. The number of alkyl halides is 6. The molecule has 1 aromatic heterocycles. The number of hydrogen-bond acceptors (Lipinski definition) is 4. The summed E-state index contributed by atoms with van der Waals surface area (Å²) >= 11 is 3.23. The third-order valence-electron chi connectivity index (χ3n) is 2.93. The van der Waals surface area contributed by atoms with Gasteiger partial charge in [0.1, 0.15) is 5.56 Å². The number of ether oxygens (including phenoxy) is 1. The number of benzene rings is 1. The largest absolute Gasteiger partial charge is 0.467 e. The Hall–Kier alpha value is -2.04. The Bertz CT molecular complexity index is 733. The molecule has 4 nitrogen and oxygen atoms in total. The van der Waals surface area contributed by atoms with E-state index in [1.165, 1.54) is 11.9 Å². The van der Waals surface area contributed by atoms with Gasteiger partial charge in [-0.1, -0.05) is 15.9 Å². The molecule has 11 heteroatoms. The highest BCUT2D eigenvalue weighted by atomic mass is 79.9. The van der Waals surface area contributed by atoms with Crippen molar-refractivity contribution in [3.8, 4) is 5.88 Å². The monoisotopic (exact) mass is 429 g/mol. The molecule has 0 radical (unpaired) electrons. The molecule has 0 aliphatic rings. The number of rotatable bonds is 4. The van der Waals surface area contributed by atoms with Crippen LogP contribution in [-0.4, -0.2) is 29.8 Å². The maximum absolute atomic E-state index is 12.9. The van der Waals surface area contributed by atoms with E-state index in [4.69, 9.17) is 0 Å². The van der Waals surface area contributed by atoms with Crippen LogP contribution in [0.25, 0.3) is 0 Å². The molecule has 0 N–H and O–H groups in total. The minimum atomic E-state index is -4.95. The van der Waals surface area contributed by atoms with Crippen LogP contribution in [0.15, 0.2) is 34.9 Å². The smallest absolute Gasteiger partial charge is 0.423 e. The summed E-state index contributed by atoms with van der Waals surface area (Å²) in [6.07, 6.45) is -9.36. The normalized spacial score (nSPS) is 12.2. The average molecular weight is 430 g/mol. The van der Waals surface area contributed by atoms with Crippen molar-refractivity contribution in [2.24, 2.45) is 0 Å². The van der Waals surface area contributed by atoms with E-state index < -0.39 is 30.4 Å². The molecule has 1 heterocycles. The van der Waals surface area contributed by atoms with Gasteiger partial charge in [0.2, 0.25) is 11.8 Å². The molecule has 1 aromatic carbocycles. The number of anilines is 2. The first kappa shape index (κ1) is 19.3. The lowest BCUT2D eigenvalue weighted by Crippen LogP contribution is -2.23. The van der Waals surface area contributed by atoms with Crippen molar-refractivity contribution in [3.05, 3.63) is 40.5 Å². The van der Waals surface area contributed by atoms with Gasteiger partial charge < -0.3 is 9.64 Å². The van der Waals surface area contributed by atoms with Gasteiger partial charge in [0, 0.05) is 23.4 Å². The molecule has 0 spiro atoms. The van der Waals surface area contributed by atoms with Crippen LogP contribution in [0.4, 0.5) is 38.0 Å². The van der Waals surface area contributed by atoms with E-state index in [0.717, 1.165) is 4.47 Å². The molecule has 0 atom stereocenters. The lowest BCUT2D eigenvalue weighted by atomic mass is 10.3. The van der Waals surface area contributed by atoms with Crippen LogP contribution in [0.5, 0.6) is 5.88 Å². The number of halogens is 7. The Labute approximate surface area is 146 Å². The third kappa shape index (κ3) is 5.21. The van der Waals surface area contributed by atoms with Crippen molar-refractivity contribution in [3.63, 3.8) is 0 Å². The fourth-order valence-electron chi connectivity index (χ4n) is 1.75. The second-order valence-corrected chi connectivity index (χ2v) is 5.74. The number of aromatic nitrogens is 2. The van der Waals surface area contributed by atoms with Gasteiger partial charge in [0.15, 0.2) is 6.61 Å². The van der Waals surface area contributed by atoms with Crippen LogP contribution in [-0.2, 0) is 6.18 Å². The van der Waals surface area contributed by atoms with Gasteiger partial charge in [-0.25, -0.2) is 4.98 Å². The number of hydrogen-bond donors (Lipinski definition) is 0. The molecule has 0 bridgehead atoms. The molecule has 0 aliphatic heterocycles. The molecule has 0 unspecified atom stereocenters. The quantitative estimate of drug-likeness (QED) is 0.643. The summed E-state index contributed by atoms with van der Waals surface area (Å²) in [6, 6.07) is 6.61. The summed E-state index contributed by atoms with van der Waals surface area (Å²) in [6.45, 7) is -1.89. The summed E-state index contributed by atoms with van der Waals surface area (Å²) in [5.74, 6) is -1.42. The van der Waals surface area contributed by atoms with Gasteiger partial charge in [-0.3, -0.25) is 0 Å². The highest BCUT2D eigenvalue weighted by Gasteiger charge is 2.38. The zero-order chi connectivity index (χ0) is 18.8. The zero-order valence-electron chi connectivity index (χ0n) is 12.5. The Kier molecular flexibility index (Phi) is 5.45. The standard InChI is InChI=1S/C14H10BrF6N3O/c1-24(9-4-2-8(15)3-5-9)12-22-6-10(14(19,20)21)11(23-12)25-7-13(16,17)18/h2-6H,7H2,1H3. The molecule has 2 aromatic rings. The Balaban J connectivity index is 2.38. The lowest BCUT2D eigenvalue weighted by molar-refractivity contribution is -0.159. The topological polar surface area (TPSA) is 38.2 Å². The molecule has 0 fully saturated rings. The molecular weight excluding hydrogens is 420 g/mol. The molecule has 0 amide bonds. The second kappa shape index (κ2) is 7.06. The highest BCUT2D eigenvalue weighted by Crippen LogP contribution is 2.36. The van der Waals surface area contributed by atoms with Gasteiger partial charge in [-0.2, -0.15) is 31.3 Å². The second-order valence-electron chi connectivity index (χ2n) is 4.83. The Morgan fingerprint density at radius 2 is 1.68 bits per heavy atom. The summed E-state index contributed by atoms with van der Waals surface area (Å²) < 4.78 is 80.5. The molecule has 0 saturated carbocycles. The van der Waals surface area contributed by atoms with Crippen LogP contribution >= 0.6 is 15.9 Å². The fraction of sp³-hybridized carbons (Fsp3) is 0.286. The minimum Gasteiger partial charge on any atom is -0.467 e. The van der Waals surface area contributed by atoms with Crippen molar-refractivity contribution in [2.45, 2.75) is 12.4 Å². The molecule has 0 saturated heterocycles. The van der Waals surface area contributed by atoms with E-state index in [2.05, 4.69) is 30.6 Å². The zero-order valence-corrected chi connectivity index (χ0v) is 14.1. The predicted octanol–water partition coefficient (Wildman–Crippen LogP) is 4.97. The van der Waals surface area contributed by atoms with Gasteiger partial charge >= 0.3 is 12.4 Å². The first-order chi connectivity index (χ1) is 11.5. The van der Waals surface area contributed by atoms with Crippen LogP contribution in [0.3, 0.4) is 0 Å². The molecule has 0 aliphatic carbocycles. The van der Waals surface area contributed by atoms with E-state index in [0.29, 0.717) is 11.9 Å². The van der Waals surface area contributed by atoms with Crippen LogP contribution in [0, 0.1) is 0 Å². The summed E-state index contributed by atoms with van der Waals surface area (Å²) in [4.78, 5) is 8.39. The van der Waals surface area contributed by atoms with E-state index in [1.807, 2.05) is 0 Å². The minimum absolute atomic E-state index is 0.243. The van der Waals surface area contributed by atoms with Crippen molar-refractivity contribution >= 4 is 27.6 Å². The van der Waals surface area contributed by atoms with Crippen LogP contribution < -0.4 is 9.64 Å². The van der Waals surface area contributed by atoms with Gasteiger partial charge in [0.25, 0.3) is 0 Å². The summed E-state index contributed by atoms with van der Waals surface area (Å²) in [7, 11) is 1.46. The Morgan fingerprint density at radius 1 is 1.08 bits per heavy atom. The maximum atomic E-state index is 12.9. The van der Waals surface area contributed by atoms with E-state index >= 15 is 0 Å². The van der Waals surface area contributed by atoms with Crippen molar-refractivity contribution in [2.75, 3.05) is 18.6 Å². The number of nitrogens with zero attached hydrogens (tertiary/aromatic N) is 3. The fourth-order valence-corrected chi connectivity index (χ4v) is 2.02. The highest BCUT2D eigenvalue weighted by molar-refractivity contribution is 9.10. The van der Waals surface area contributed by atoms with Crippen LogP contribution in [0.1, 0.15) is 5.56 Å². The maximum Gasteiger partial charge on any atom is 0.423 e. The van der Waals surface area contributed by atoms with Crippen LogP contribution in [0.2, 0.25) is 0 Å². The summed E-state index contributed by atoms with van der Waals surface area (Å²) in [5, 5.41) is 0. The van der Waals surface area contributed by atoms with Crippen molar-refractivity contribution in [1.29, 1.82) is 0 Å². The molecular formula is C14H10BrF6N3O. The van der Waals surface area contributed by atoms with E-state index in [1.54, 1.807) is 24.3 Å². The lowest BCUT2D eigenvalue weighted by Gasteiger charge is -2.20. The van der Waals surface area contributed by atoms with E-state index in [9.17, 15) is 26.3 Å². The van der Waals surface area contributed by atoms with E-state index in [-0.39, 0.29) is 5.95 Å². The first-order valence-electron chi connectivity index (χ1n) is 6.60. The Morgan fingerprint density at radius 3 is 2.20 bits per heavy atom.